The third kappa shape index (κ3) is 4.05. The number of hydrogen-bond acceptors (Lipinski definition) is 4. The summed E-state index contributed by atoms with van der Waals surface area (Å²) in [4.78, 5) is 14.3. The maximum atomic E-state index is 12.6. The number of carbonyl (C=O) groups excluding carboxylic acids is 1. The van der Waals surface area contributed by atoms with Gasteiger partial charge in [-0.25, -0.2) is 8.42 Å². The number of nitrogens with zero attached hydrogens (tertiary/aromatic N) is 2. The lowest BCUT2D eigenvalue weighted by molar-refractivity contribution is -0.134. The fourth-order valence-corrected chi connectivity index (χ4v) is 4.31. The average Bonchev–Trinajstić information content (AvgIpc) is 2.68. The lowest BCUT2D eigenvalue weighted by Gasteiger charge is -2.34. The Bertz CT molecular complexity index is 860. The molecule has 6 nitrogen and oxygen atoms in total. The molecule has 0 aliphatic carbocycles. The van der Waals surface area contributed by atoms with Crippen LogP contribution in [0.15, 0.2) is 59.5 Å². The summed E-state index contributed by atoms with van der Waals surface area (Å²) in [5, 5.41) is 0. The molecule has 0 aromatic heterocycles. The first kappa shape index (κ1) is 18.4. The lowest BCUT2D eigenvalue weighted by Crippen LogP contribution is -2.51. The normalized spacial score (nSPS) is 15.7. The zero-order valence-corrected chi connectivity index (χ0v) is 15.5. The van der Waals surface area contributed by atoms with Crippen molar-refractivity contribution in [3.05, 3.63) is 60.2 Å². The molecular weight excluding hydrogens is 352 g/mol. The van der Waals surface area contributed by atoms with Crippen LogP contribution in [0.3, 0.4) is 0 Å². The molecule has 0 saturated carbocycles. The molecule has 138 valence electrons. The lowest BCUT2D eigenvalue weighted by atomic mass is 10.2. The molecule has 1 heterocycles. The summed E-state index contributed by atoms with van der Waals surface area (Å²) in [6, 6.07) is 15.9. The van der Waals surface area contributed by atoms with Gasteiger partial charge in [-0.1, -0.05) is 36.4 Å². The number of benzene rings is 2. The van der Waals surface area contributed by atoms with E-state index in [1.807, 2.05) is 31.2 Å². The maximum Gasteiger partial charge on any atom is 0.260 e. The first-order chi connectivity index (χ1) is 12.5. The molecule has 7 heteroatoms. The van der Waals surface area contributed by atoms with Crippen LogP contribution in [0.5, 0.6) is 5.75 Å². The van der Waals surface area contributed by atoms with Crippen molar-refractivity contribution in [3.63, 3.8) is 0 Å². The molecule has 0 N–H and O–H groups in total. The molecule has 0 bridgehead atoms. The average molecular weight is 374 g/mol. The van der Waals surface area contributed by atoms with Crippen molar-refractivity contribution in [2.24, 2.45) is 0 Å². The SMILES string of the molecule is Cc1ccccc1OCC(=O)N1CCN(S(=O)(=O)c2ccccc2)CC1. The van der Waals surface area contributed by atoms with Gasteiger partial charge in [0.2, 0.25) is 10.0 Å². The standard InChI is InChI=1S/C19H22N2O4S/c1-16-7-5-6-10-18(16)25-15-19(22)20-11-13-21(14-12-20)26(23,24)17-8-3-2-4-9-17/h2-10H,11-15H2,1H3. The van der Waals surface area contributed by atoms with Crippen LogP contribution in [0.4, 0.5) is 0 Å². The highest BCUT2D eigenvalue weighted by Gasteiger charge is 2.30. The summed E-state index contributed by atoms with van der Waals surface area (Å²) in [7, 11) is -3.51. The number of hydrogen-bond donors (Lipinski definition) is 0. The fraction of sp³-hybridized carbons (Fsp3) is 0.316. The number of sulfonamides is 1. The molecule has 3 rings (SSSR count). The van der Waals surface area contributed by atoms with Gasteiger partial charge in [-0.15, -0.1) is 0 Å². The van der Waals surface area contributed by atoms with Crippen LogP contribution in [0, 0.1) is 6.92 Å². The van der Waals surface area contributed by atoms with E-state index < -0.39 is 10.0 Å². The molecule has 1 saturated heterocycles. The number of rotatable bonds is 5. The van der Waals surface area contributed by atoms with E-state index in [4.69, 9.17) is 4.74 Å². The van der Waals surface area contributed by atoms with E-state index in [0.717, 1.165) is 5.56 Å². The van der Waals surface area contributed by atoms with E-state index in [1.54, 1.807) is 35.2 Å². The largest absolute Gasteiger partial charge is 0.484 e. The molecule has 1 fully saturated rings. The Balaban J connectivity index is 1.55. The predicted molar refractivity (Wildman–Crippen MR) is 98.5 cm³/mol. The van der Waals surface area contributed by atoms with Crippen molar-refractivity contribution < 1.29 is 17.9 Å². The summed E-state index contributed by atoms with van der Waals surface area (Å²) >= 11 is 0. The van der Waals surface area contributed by atoms with E-state index in [0.29, 0.717) is 18.8 Å². The van der Waals surface area contributed by atoms with Gasteiger partial charge in [0, 0.05) is 26.2 Å². The van der Waals surface area contributed by atoms with Crippen molar-refractivity contribution in [2.45, 2.75) is 11.8 Å². The molecule has 1 aliphatic rings. The van der Waals surface area contributed by atoms with Crippen LogP contribution in [0.2, 0.25) is 0 Å². The summed E-state index contributed by atoms with van der Waals surface area (Å²) in [5.74, 6) is 0.552. The Morgan fingerprint density at radius 1 is 0.962 bits per heavy atom. The van der Waals surface area contributed by atoms with Crippen LogP contribution in [0.1, 0.15) is 5.56 Å². The highest BCUT2D eigenvalue weighted by Crippen LogP contribution is 2.18. The minimum absolute atomic E-state index is 0.0453. The van der Waals surface area contributed by atoms with Crippen LogP contribution in [-0.2, 0) is 14.8 Å². The van der Waals surface area contributed by atoms with Gasteiger partial charge in [0.1, 0.15) is 5.75 Å². The summed E-state index contributed by atoms with van der Waals surface area (Å²) in [5.41, 5.74) is 0.971. The molecule has 0 unspecified atom stereocenters. The molecular formula is C19H22N2O4S. The molecule has 2 aromatic carbocycles. The third-order valence-corrected chi connectivity index (χ3v) is 6.33. The number of ether oxygens (including phenoxy) is 1. The quantitative estimate of drug-likeness (QED) is 0.802. The number of amides is 1. The number of piperazine rings is 1. The van der Waals surface area contributed by atoms with Gasteiger partial charge >= 0.3 is 0 Å². The van der Waals surface area contributed by atoms with E-state index in [-0.39, 0.29) is 30.5 Å². The van der Waals surface area contributed by atoms with E-state index in [1.165, 1.54) is 4.31 Å². The predicted octanol–water partition coefficient (Wildman–Crippen LogP) is 1.91. The van der Waals surface area contributed by atoms with Gasteiger partial charge in [0.25, 0.3) is 5.91 Å². The van der Waals surface area contributed by atoms with Crippen LogP contribution in [0.25, 0.3) is 0 Å². The highest BCUT2D eigenvalue weighted by atomic mass is 32.2. The van der Waals surface area contributed by atoms with Crippen molar-refractivity contribution in [1.29, 1.82) is 0 Å². The molecule has 1 amide bonds. The molecule has 0 spiro atoms. The zero-order valence-electron chi connectivity index (χ0n) is 14.7. The number of carbonyl (C=O) groups is 1. The second-order valence-corrected chi connectivity index (χ2v) is 8.09. The topological polar surface area (TPSA) is 66.9 Å². The molecule has 0 atom stereocenters. The van der Waals surface area contributed by atoms with Crippen molar-refractivity contribution in [1.82, 2.24) is 9.21 Å². The van der Waals surface area contributed by atoms with Crippen molar-refractivity contribution >= 4 is 15.9 Å². The van der Waals surface area contributed by atoms with Crippen LogP contribution >= 0.6 is 0 Å². The van der Waals surface area contributed by atoms with Gasteiger partial charge in [0.05, 0.1) is 4.90 Å². The Morgan fingerprint density at radius 3 is 2.23 bits per heavy atom. The Labute approximate surface area is 154 Å². The van der Waals surface area contributed by atoms with Crippen LogP contribution in [-0.4, -0.2) is 56.3 Å². The summed E-state index contributed by atoms with van der Waals surface area (Å²) < 4.78 is 32.2. The van der Waals surface area contributed by atoms with Crippen molar-refractivity contribution in [2.75, 3.05) is 32.8 Å². The van der Waals surface area contributed by atoms with Gasteiger partial charge in [0.15, 0.2) is 6.61 Å². The van der Waals surface area contributed by atoms with Gasteiger partial charge in [-0.2, -0.15) is 4.31 Å². The molecule has 2 aromatic rings. The van der Waals surface area contributed by atoms with Gasteiger partial charge < -0.3 is 9.64 Å². The van der Waals surface area contributed by atoms with E-state index >= 15 is 0 Å². The number of para-hydroxylation sites is 1. The van der Waals surface area contributed by atoms with Gasteiger partial charge in [-0.05, 0) is 30.7 Å². The second kappa shape index (κ2) is 7.88. The molecule has 26 heavy (non-hydrogen) atoms. The Hall–Kier alpha value is -2.38. The first-order valence-electron chi connectivity index (χ1n) is 8.50. The van der Waals surface area contributed by atoms with E-state index in [2.05, 4.69) is 0 Å². The van der Waals surface area contributed by atoms with Crippen LogP contribution < -0.4 is 4.74 Å². The third-order valence-electron chi connectivity index (χ3n) is 4.42. The number of aryl methyl sites for hydroxylation is 1. The second-order valence-electron chi connectivity index (χ2n) is 6.15. The molecule has 1 aliphatic heterocycles. The monoisotopic (exact) mass is 374 g/mol. The van der Waals surface area contributed by atoms with Crippen molar-refractivity contribution in [3.8, 4) is 5.75 Å². The summed E-state index contributed by atoms with van der Waals surface area (Å²) in [6.45, 7) is 3.17. The fourth-order valence-electron chi connectivity index (χ4n) is 2.87. The maximum absolute atomic E-state index is 12.6. The molecule has 0 radical (unpaired) electrons. The van der Waals surface area contributed by atoms with E-state index in [9.17, 15) is 13.2 Å². The Kier molecular flexibility index (Phi) is 5.58. The Morgan fingerprint density at radius 2 is 1.58 bits per heavy atom. The summed E-state index contributed by atoms with van der Waals surface area (Å²) in [6.07, 6.45) is 0. The minimum atomic E-state index is -3.51. The first-order valence-corrected chi connectivity index (χ1v) is 9.94. The van der Waals surface area contributed by atoms with Gasteiger partial charge in [-0.3, -0.25) is 4.79 Å². The smallest absolute Gasteiger partial charge is 0.260 e. The highest BCUT2D eigenvalue weighted by molar-refractivity contribution is 7.89. The minimum Gasteiger partial charge on any atom is -0.484 e. The zero-order chi connectivity index (χ0) is 18.6.